The predicted octanol–water partition coefficient (Wildman–Crippen LogP) is 2.08. The summed E-state index contributed by atoms with van der Waals surface area (Å²) in [5.74, 6) is 0. The van der Waals surface area contributed by atoms with Crippen molar-refractivity contribution in [2.45, 2.75) is 25.3 Å². The molecule has 2 nitrogen and oxygen atoms in total. The quantitative estimate of drug-likeness (QED) is 0.643. The van der Waals surface area contributed by atoms with Gasteiger partial charge < -0.3 is 11.1 Å². The van der Waals surface area contributed by atoms with E-state index in [2.05, 4.69) is 17.4 Å². The van der Waals surface area contributed by atoms with Gasteiger partial charge >= 0.3 is 0 Å². The van der Waals surface area contributed by atoms with Gasteiger partial charge in [-0.1, -0.05) is 18.6 Å². The van der Waals surface area contributed by atoms with E-state index in [0.717, 1.165) is 12.2 Å². The Morgan fingerprint density at radius 2 is 1.92 bits per heavy atom. The van der Waals surface area contributed by atoms with Crippen LogP contribution in [0.2, 0.25) is 0 Å². The summed E-state index contributed by atoms with van der Waals surface area (Å²) in [6.45, 7) is 1.15. The van der Waals surface area contributed by atoms with Crippen molar-refractivity contribution < 1.29 is 0 Å². The van der Waals surface area contributed by atoms with Gasteiger partial charge in [0, 0.05) is 11.7 Å². The summed E-state index contributed by atoms with van der Waals surface area (Å²) in [5, 5.41) is 3.51. The first-order valence-electron chi connectivity index (χ1n) is 4.95. The van der Waals surface area contributed by atoms with Crippen LogP contribution in [0.3, 0.4) is 0 Å². The first-order valence-corrected chi connectivity index (χ1v) is 4.95. The zero-order chi connectivity index (χ0) is 9.10. The van der Waals surface area contributed by atoms with Gasteiger partial charge in [0.2, 0.25) is 0 Å². The molecule has 1 atom stereocenters. The van der Waals surface area contributed by atoms with Crippen LogP contribution < -0.4 is 11.1 Å². The molecule has 0 unspecified atom stereocenters. The minimum Gasteiger partial charge on any atom is -0.399 e. The highest BCUT2D eigenvalue weighted by atomic mass is 14.9. The lowest BCUT2D eigenvalue weighted by Gasteiger charge is -2.23. The van der Waals surface area contributed by atoms with E-state index < -0.39 is 0 Å². The van der Waals surface area contributed by atoms with Crippen molar-refractivity contribution in [3.05, 3.63) is 29.8 Å². The van der Waals surface area contributed by atoms with Gasteiger partial charge in [-0.25, -0.2) is 0 Å². The van der Waals surface area contributed by atoms with Gasteiger partial charge in [0.1, 0.15) is 0 Å². The van der Waals surface area contributed by atoms with E-state index in [4.69, 9.17) is 5.73 Å². The van der Waals surface area contributed by atoms with Crippen LogP contribution in [-0.4, -0.2) is 6.54 Å². The van der Waals surface area contributed by atoms with E-state index in [1.54, 1.807) is 0 Å². The average molecular weight is 176 g/mol. The normalized spacial score (nSPS) is 22.9. The molecule has 0 radical (unpaired) electrons. The molecule has 1 aromatic rings. The number of benzene rings is 1. The molecule has 3 N–H and O–H groups in total. The van der Waals surface area contributed by atoms with Crippen LogP contribution in [0.5, 0.6) is 0 Å². The van der Waals surface area contributed by atoms with Gasteiger partial charge in [0.25, 0.3) is 0 Å². The van der Waals surface area contributed by atoms with Crippen molar-refractivity contribution in [1.29, 1.82) is 0 Å². The number of piperidine rings is 1. The van der Waals surface area contributed by atoms with Gasteiger partial charge in [-0.15, -0.1) is 0 Å². The first-order chi connectivity index (χ1) is 6.36. The predicted molar refractivity (Wildman–Crippen MR) is 55.4 cm³/mol. The fourth-order valence-electron chi connectivity index (χ4n) is 1.86. The average Bonchev–Trinajstić information content (AvgIpc) is 2.20. The Hall–Kier alpha value is -1.02. The van der Waals surface area contributed by atoms with E-state index in [0.29, 0.717) is 6.04 Å². The van der Waals surface area contributed by atoms with Crippen LogP contribution in [0.25, 0.3) is 0 Å². The molecule has 0 aromatic heterocycles. The van der Waals surface area contributed by atoms with E-state index in [1.165, 1.54) is 24.8 Å². The van der Waals surface area contributed by atoms with Crippen LogP contribution in [0, 0.1) is 0 Å². The zero-order valence-electron chi connectivity index (χ0n) is 7.79. The Kier molecular flexibility index (Phi) is 2.50. The summed E-state index contributed by atoms with van der Waals surface area (Å²) in [4.78, 5) is 0. The number of nitrogen functional groups attached to an aromatic ring is 1. The number of hydrogen-bond donors (Lipinski definition) is 2. The second-order valence-electron chi connectivity index (χ2n) is 3.67. The molecule has 0 spiro atoms. The van der Waals surface area contributed by atoms with Gasteiger partial charge in [0.15, 0.2) is 0 Å². The molecule has 2 heteroatoms. The summed E-state index contributed by atoms with van der Waals surface area (Å²) >= 11 is 0. The second kappa shape index (κ2) is 3.79. The molecule has 2 rings (SSSR count). The Bertz CT molecular complexity index is 260. The Morgan fingerprint density at radius 1 is 1.15 bits per heavy atom. The third-order valence-electron chi connectivity index (χ3n) is 2.65. The zero-order valence-corrected chi connectivity index (χ0v) is 7.79. The summed E-state index contributed by atoms with van der Waals surface area (Å²) < 4.78 is 0. The molecule has 1 aromatic carbocycles. The molecule has 0 bridgehead atoms. The maximum absolute atomic E-state index is 5.64. The smallest absolute Gasteiger partial charge is 0.0320 e. The first kappa shape index (κ1) is 8.57. The summed E-state index contributed by atoms with van der Waals surface area (Å²) in [6, 6.07) is 8.75. The van der Waals surface area contributed by atoms with Crippen molar-refractivity contribution in [1.82, 2.24) is 5.32 Å². The molecule has 70 valence electrons. The maximum Gasteiger partial charge on any atom is 0.0320 e. The highest BCUT2D eigenvalue weighted by molar-refractivity contribution is 5.40. The fourth-order valence-corrected chi connectivity index (χ4v) is 1.86. The van der Waals surface area contributed by atoms with Gasteiger partial charge in [-0.05, 0) is 37.1 Å². The lowest BCUT2D eigenvalue weighted by Crippen LogP contribution is -2.26. The molecule has 1 saturated heterocycles. The second-order valence-corrected chi connectivity index (χ2v) is 3.67. The molecule has 1 aliphatic heterocycles. The minimum absolute atomic E-state index is 0.550. The number of rotatable bonds is 1. The molecule has 0 amide bonds. The topological polar surface area (TPSA) is 38.0 Å². The SMILES string of the molecule is Nc1ccc([C@@H]2CCCCN2)cc1. The fraction of sp³-hybridized carbons (Fsp3) is 0.455. The Labute approximate surface area is 79.1 Å². The molecule has 1 heterocycles. The van der Waals surface area contributed by atoms with Gasteiger partial charge in [0.05, 0.1) is 0 Å². The number of hydrogen-bond acceptors (Lipinski definition) is 2. The van der Waals surface area contributed by atoms with Crippen molar-refractivity contribution >= 4 is 5.69 Å². The highest BCUT2D eigenvalue weighted by Crippen LogP contribution is 2.23. The number of nitrogens with two attached hydrogens (primary N) is 1. The van der Waals surface area contributed by atoms with E-state index >= 15 is 0 Å². The molecular formula is C11H16N2. The number of nitrogens with one attached hydrogen (secondary N) is 1. The summed E-state index contributed by atoms with van der Waals surface area (Å²) in [6.07, 6.45) is 3.90. The monoisotopic (exact) mass is 176 g/mol. The summed E-state index contributed by atoms with van der Waals surface area (Å²) in [7, 11) is 0. The van der Waals surface area contributed by atoms with Crippen LogP contribution in [0.1, 0.15) is 30.9 Å². The molecule has 13 heavy (non-hydrogen) atoms. The van der Waals surface area contributed by atoms with Crippen molar-refractivity contribution in [2.75, 3.05) is 12.3 Å². The lowest BCUT2D eigenvalue weighted by atomic mass is 9.97. The lowest BCUT2D eigenvalue weighted by molar-refractivity contribution is 0.412. The van der Waals surface area contributed by atoms with Crippen LogP contribution in [-0.2, 0) is 0 Å². The maximum atomic E-state index is 5.64. The van der Waals surface area contributed by atoms with Crippen molar-refractivity contribution in [3.63, 3.8) is 0 Å². The number of anilines is 1. The molecule has 1 fully saturated rings. The van der Waals surface area contributed by atoms with Gasteiger partial charge in [-0.3, -0.25) is 0 Å². The van der Waals surface area contributed by atoms with E-state index in [1.807, 2.05) is 12.1 Å². The van der Waals surface area contributed by atoms with E-state index in [9.17, 15) is 0 Å². The third kappa shape index (κ3) is 2.01. The third-order valence-corrected chi connectivity index (χ3v) is 2.65. The standard InChI is InChI=1S/C11H16N2/c12-10-6-4-9(5-7-10)11-3-1-2-8-13-11/h4-7,11,13H,1-3,8,12H2/t11-/m0/s1. The van der Waals surface area contributed by atoms with Crippen molar-refractivity contribution in [2.24, 2.45) is 0 Å². The molecule has 1 aliphatic rings. The molecular weight excluding hydrogens is 160 g/mol. The Morgan fingerprint density at radius 3 is 2.54 bits per heavy atom. The summed E-state index contributed by atoms with van der Waals surface area (Å²) in [5.41, 5.74) is 7.85. The molecule has 0 saturated carbocycles. The van der Waals surface area contributed by atoms with Crippen molar-refractivity contribution in [3.8, 4) is 0 Å². The minimum atomic E-state index is 0.550. The van der Waals surface area contributed by atoms with E-state index in [-0.39, 0.29) is 0 Å². The highest BCUT2D eigenvalue weighted by Gasteiger charge is 2.13. The largest absolute Gasteiger partial charge is 0.399 e. The molecule has 0 aliphatic carbocycles. The van der Waals surface area contributed by atoms with Crippen LogP contribution in [0.15, 0.2) is 24.3 Å². The Balaban J connectivity index is 2.10. The van der Waals surface area contributed by atoms with Crippen LogP contribution in [0.4, 0.5) is 5.69 Å². The van der Waals surface area contributed by atoms with Crippen LogP contribution >= 0.6 is 0 Å². The van der Waals surface area contributed by atoms with Gasteiger partial charge in [-0.2, -0.15) is 0 Å².